The molecule has 1 aliphatic heterocycles. The Bertz CT molecular complexity index is 922. The first kappa shape index (κ1) is 14.9. The lowest BCUT2D eigenvalue weighted by molar-refractivity contribution is 0.0728. The molecule has 6 heteroatoms. The van der Waals surface area contributed by atoms with Gasteiger partial charge in [-0.2, -0.15) is 0 Å². The number of aromatic nitrogens is 3. The Morgan fingerprint density at radius 1 is 1.33 bits per heavy atom. The number of amides is 1. The third-order valence-electron chi connectivity index (χ3n) is 4.37. The molecule has 0 saturated carbocycles. The molecule has 2 aromatic heterocycles. The molecule has 0 fully saturated rings. The second-order valence-corrected chi connectivity index (χ2v) is 6.61. The average Bonchev–Trinajstić information content (AvgIpc) is 3.14. The van der Waals surface area contributed by atoms with Gasteiger partial charge in [-0.1, -0.05) is 13.8 Å². The number of hydrogen-bond donors (Lipinski definition) is 1. The van der Waals surface area contributed by atoms with Crippen molar-refractivity contribution in [1.82, 2.24) is 19.9 Å². The Labute approximate surface area is 139 Å². The number of nitrogens with one attached hydrogen (secondary N) is 1. The summed E-state index contributed by atoms with van der Waals surface area (Å²) < 4.78 is 5.80. The predicted molar refractivity (Wildman–Crippen MR) is 89.9 cm³/mol. The largest absolute Gasteiger partial charge is 0.445 e. The molecular formula is C18H20N4O2. The number of imidazole rings is 1. The zero-order valence-corrected chi connectivity index (χ0v) is 14.1. The van der Waals surface area contributed by atoms with Crippen LogP contribution in [0.1, 0.15) is 53.3 Å². The van der Waals surface area contributed by atoms with Crippen LogP contribution >= 0.6 is 0 Å². The van der Waals surface area contributed by atoms with Gasteiger partial charge < -0.3 is 14.3 Å². The van der Waals surface area contributed by atoms with Crippen molar-refractivity contribution in [3.05, 3.63) is 46.9 Å². The first-order valence-corrected chi connectivity index (χ1v) is 8.25. The van der Waals surface area contributed by atoms with Gasteiger partial charge in [0.25, 0.3) is 5.91 Å². The minimum Gasteiger partial charge on any atom is -0.445 e. The van der Waals surface area contributed by atoms with Crippen molar-refractivity contribution in [2.24, 2.45) is 0 Å². The number of rotatable bonds is 2. The third-order valence-corrected chi connectivity index (χ3v) is 4.37. The highest BCUT2D eigenvalue weighted by Crippen LogP contribution is 2.25. The number of carbonyl (C=O) groups excluding carboxylic acids is 1. The third kappa shape index (κ3) is 2.48. The number of aryl methyl sites for hydroxylation is 1. The quantitative estimate of drug-likeness (QED) is 0.785. The molecule has 1 N–H and O–H groups in total. The zero-order valence-electron chi connectivity index (χ0n) is 14.1. The molecule has 6 nitrogen and oxygen atoms in total. The maximum absolute atomic E-state index is 12.8. The van der Waals surface area contributed by atoms with Crippen LogP contribution < -0.4 is 0 Å². The smallest absolute Gasteiger partial charge is 0.254 e. The Hall–Kier alpha value is -2.63. The fourth-order valence-corrected chi connectivity index (χ4v) is 3.09. The van der Waals surface area contributed by atoms with E-state index in [0.717, 1.165) is 34.2 Å². The Morgan fingerprint density at radius 3 is 2.96 bits per heavy atom. The molecule has 1 amide bonds. The molecule has 0 aliphatic carbocycles. The normalized spacial score (nSPS) is 14.4. The van der Waals surface area contributed by atoms with Gasteiger partial charge in [-0.15, -0.1) is 0 Å². The SMILES string of the molecule is Cc1nc2ccc(C(=O)N3CCc4oc(C(C)C)nc4C3)cc2[nH]1. The number of H-pyrrole nitrogens is 1. The fraction of sp³-hybridized carbons (Fsp3) is 0.389. The van der Waals surface area contributed by atoms with Crippen molar-refractivity contribution in [2.45, 2.75) is 39.7 Å². The van der Waals surface area contributed by atoms with Crippen LogP contribution in [0.25, 0.3) is 11.0 Å². The Kier molecular flexibility index (Phi) is 3.40. The average molecular weight is 324 g/mol. The minimum atomic E-state index is 0.0175. The van der Waals surface area contributed by atoms with Gasteiger partial charge in [0.2, 0.25) is 0 Å². The molecule has 0 radical (unpaired) electrons. The second kappa shape index (κ2) is 5.47. The lowest BCUT2D eigenvalue weighted by Gasteiger charge is -2.25. The van der Waals surface area contributed by atoms with E-state index in [1.54, 1.807) is 0 Å². The lowest BCUT2D eigenvalue weighted by Crippen LogP contribution is -2.35. The summed E-state index contributed by atoms with van der Waals surface area (Å²) >= 11 is 0. The highest BCUT2D eigenvalue weighted by Gasteiger charge is 2.26. The van der Waals surface area contributed by atoms with Crippen LogP contribution in [-0.2, 0) is 13.0 Å². The highest BCUT2D eigenvalue weighted by molar-refractivity contribution is 5.97. The number of oxazole rings is 1. The lowest BCUT2D eigenvalue weighted by atomic mass is 10.1. The second-order valence-electron chi connectivity index (χ2n) is 6.61. The molecule has 4 rings (SSSR count). The monoisotopic (exact) mass is 324 g/mol. The van der Waals surface area contributed by atoms with Gasteiger partial charge in [0.1, 0.15) is 17.3 Å². The van der Waals surface area contributed by atoms with E-state index in [1.807, 2.05) is 30.0 Å². The van der Waals surface area contributed by atoms with Crippen molar-refractivity contribution in [3.63, 3.8) is 0 Å². The van der Waals surface area contributed by atoms with Gasteiger partial charge in [0.15, 0.2) is 5.89 Å². The van der Waals surface area contributed by atoms with Crippen molar-refractivity contribution in [3.8, 4) is 0 Å². The number of nitrogens with zero attached hydrogens (tertiary/aromatic N) is 3. The summed E-state index contributed by atoms with van der Waals surface area (Å²) in [6, 6.07) is 5.59. The topological polar surface area (TPSA) is 75.0 Å². The van der Waals surface area contributed by atoms with Crippen molar-refractivity contribution < 1.29 is 9.21 Å². The molecule has 1 aliphatic rings. The number of benzene rings is 1. The van der Waals surface area contributed by atoms with E-state index in [-0.39, 0.29) is 11.8 Å². The molecular weight excluding hydrogens is 304 g/mol. The number of hydrogen-bond acceptors (Lipinski definition) is 4. The van der Waals surface area contributed by atoms with Crippen LogP contribution in [0.5, 0.6) is 0 Å². The number of carbonyl (C=O) groups is 1. The summed E-state index contributed by atoms with van der Waals surface area (Å²) in [6.45, 7) is 7.18. The molecule has 0 unspecified atom stereocenters. The van der Waals surface area contributed by atoms with E-state index < -0.39 is 0 Å². The molecule has 0 saturated heterocycles. The Balaban J connectivity index is 1.59. The van der Waals surface area contributed by atoms with Crippen LogP contribution in [0.2, 0.25) is 0 Å². The molecule has 3 aromatic rings. The van der Waals surface area contributed by atoms with Crippen LogP contribution in [0.15, 0.2) is 22.6 Å². The van der Waals surface area contributed by atoms with E-state index in [2.05, 4.69) is 28.8 Å². The van der Waals surface area contributed by atoms with Crippen LogP contribution in [0, 0.1) is 6.92 Å². The molecule has 3 heterocycles. The maximum Gasteiger partial charge on any atom is 0.254 e. The van der Waals surface area contributed by atoms with Gasteiger partial charge in [0.05, 0.1) is 17.6 Å². The zero-order chi connectivity index (χ0) is 16.8. The summed E-state index contributed by atoms with van der Waals surface area (Å²) in [5, 5.41) is 0. The minimum absolute atomic E-state index is 0.0175. The van der Waals surface area contributed by atoms with Gasteiger partial charge in [-0.25, -0.2) is 9.97 Å². The molecule has 1 aromatic carbocycles. The first-order chi connectivity index (χ1) is 11.5. The van der Waals surface area contributed by atoms with E-state index in [0.29, 0.717) is 25.1 Å². The molecule has 24 heavy (non-hydrogen) atoms. The summed E-state index contributed by atoms with van der Waals surface area (Å²) in [7, 11) is 0. The molecule has 0 atom stereocenters. The van der Waals surface area contributed by atoms with Gasteiger partial charge >= 0.3 is 0 Å². The number of aromatic amines is 1. The summed E-state index contributed by atoms with van der Waals surface area (Å²) in [5.74, 6) is 2.79. The maximum atomic E-state index is 12.8. The summed E-state index contributed by atoms with van der Waals surface area (Å²) in [5.41, 5.74) is 3.32. The molecule has 124 valence electrons. The molecule has 0 spiro atoms. The van der Waals surface area contributed by atoms with Gasteiger partial charge in [0, 0.05) is 24.4 Å². The summed E-state index contributed by atoms with van der Waals surface area (Å²) in [6.07, 6.45) is 0.714. The van der Waals surface area contributed by atoms with Gasteiger partial charge in [-0.05, 0) is 25.1 Å². The van der Waals surface area contributed by atoms with Crippen LogP contribution in [0.4, 0.5) is 0 Å². The predicted octanol–water partition coefficient (Wildman–Crippen LogP) is 3.18. The van der Waals surface area contributed by atoms with E-state index in [1.165, 1.54) is 0 Å². The standard InChI is InChI=1S/C18H20N4O2/c1-10(2)17-21-15-9-22(7-6-16(15)24-17)18(23)12-4-5-13-14(8-12)20-11(3)19-13/h4-5,8,10H,6-7,9H2,1-3H3,(H,19,20). The van der Waals surface area contributed by atoms with E-state index in [9.17, 15) is 4.79 Å². The fourth-order valence-electron chi connectivity index (χ4n) is 3.09. The van der Waals surface area contributed by atoms with Crippen molar-refractivity contribution >= 4 is 16.9 Å². The first-order valence-electron chi connectivity index (χ1n) is 8.25. The highest BCUT2D eigenvalue weighted by atomic mass is 16.4. The summed E-state index contributed by atoms with van der Waals surface area (Å²) in [4.78, 5) is 26.8. The molecule has 0 bridgehead atoms. The van der Waals surface area contributed by atoms with Crippen molar-refractivity contribution in [2.75, 3.05) is 6.54 Å². The Morgan fingerprint density at radius 2 is 2.17 bits per heavy atom. The van der Waals surface area contributed by atoms with E-state index >= 15 is 0 Å². The van der Waals surface area contributed by atoms with E-state index in [4.69, 9.17) is 4.42 Å². The van der Waals surface area contributed by atoms with Crippen LogP contribution in [-0.4, -0.2) is 32.3 Å². The number of fused-ring (bicyclic) bond motifs is 2. The van der Waals surface area contributed by atoms with Gasteiger partial charge in [-0.3, -0.25) is 4.79 Å². The van der Waals surface area contributed by atoms with Crippen molar-refractivity contribution in [1.29, 1.82) is 0 Å². The van der Waals surface area contributed by atoms with Crippen LogP contribution in [0.3, 0.4) is 0 Å².